The summed E-state index contributed by atoms with van der Waals surface area (Å²) in [7, 11) is 0. The molecule has 4 nitrogen and oxygen atoms in total. The molecule has 2 aromatic rings. The fraction of sp³-hybridized carbons (Fsp3) is 0.0769. The number of nitrogens with two attached hydrogens (primary N) is 1. The highest BCUT2D eigenvalue weighted by atomic mass is 35.5. The van der Waals surface area contributed by atoms with Crippen molar-refractivity contribution < 1.29 is 9.53 Å². The topological polar surface area (TPSA) is 65.2 Å². The number of aromatic nitrogens is 1. The van der Waals surface area contributed by atoms with Gasteiger partial charge in [0.05, 0.1) is 5.56 Å². The van der Waals surface area contributed by atoms with Gasteiger partial charge in [-0.15, -0.1) is 0 Å². The largest absolute Gasteiger partial charge is 0.488 e. The maximum atomic E-state index is 11.3. The number of amides is 1. The Kier molecular flexibility index (Phi) is 4.24. The van der Waals surface area contributed by atoms with Crippen molar-refractivity contribution in [2.75, 3.05) is 0 Å². The first-order chi connectivity index (χ1) is 9.08. The minimum atomic E-state index is -0.602. The van der Waals surface area contributed by atoms with E-state index in [-0.39, 0.29) is 12.2 Å². The van der Waals surface area contributed by atoms with Gasteiger partial charge in [0.25, 0.3) is 5.91 Å². The summed E-state index contributed by atoms with van der Waals surface area (Å²) in [5, 5.41) is 0.776. The van der Waals surface area contributed by atoms with Crippen LogP contribution in [-0.4, -0.2) is 10.9 Å². The van der Waals surface area contributed by atoms with E-state index in [1.54, 1.807) is 30.5 Å². The van der Waals surface area contributed by atoms with Crippen molar-refractivity contribution in [2.45, 2.75) is 6.61 Å². The Labute approximate surface area is 120 Å². The van der Waals surface area contributed by atoms with Gasteiger partial charge in [-0.3, -0.25) is 4.79 Å². The second-order valence-corrected chi connectivity index (χ2v) is 4.54. The van der Waals surface area contributed by atoms with Gasteiger partial charge in [0.1, 0.15) is 17.5 Å². The quantitative estimate of drug-likeness (QED) is 0.882. The molecule has 0 aliphatic heterocycles. The predicted octanol–water partition coefficient (Wildman–Crippen LogP) is 3.07. The van der Waals surface area contributed by atoms with Crippen LogP contribution in [0.2, 0.25) is 10.2 Å². The number of carbonyl (C=O) groups excluding carboxylic acids is 1. The zero-order chi connectivity index (χ0) is 13.8. The number of nitrogens with zero attached hydrogens (tertiary/aromatic N) is 1. The van der Waals surface area contributed by atoms with Crippen molar-refractivity contribution in [2.24, 2.45) is 5.73 Å². The van der Waals surface area contributed by atoms with Crippen LogP contribution in [0.15, 0.2) is 36.5 Å². The lowest BCUT2D eigenvalue weighted by atomic mass is 10.2. The van der Waals surface area contributed by atoms with Crippen molar-refractivity contribution in [1.82, 2.24) is 4.98 Å². The number of rotatable bonds is 4. The highest BCUT2D eigenvalue weighted by Crippen LogP contribution is 2.24. The molecular formula is C13H10Cl2N2O2. The van der Waals surface area contributed by atoms with E-state index < -0.39 is 5.91 Å². The van der Waals surface area contributed by atoms with Crippen LogP contribution in [-0.2, 0) is 6.61 Å². The molecule has 0 bridgehead atoms. The van der Waals surface area contributed by atoms with Gasteiger partial charge in [-0.25, -0.2) is 4.98 Å². The minimum Gasteiger partial charge on any atom is -0.488 e. The lowest BCUT2D eigenvalue weighted by Crippen LogP contribution is -2.13. The second kappa shape index (κ2) is 5.91. The van der Waals surface area contributed by atoms with Crippen LogP contribution in [0.5, 0.6) is 5.75 Å². The molecule has 1 heterocycles. The lowest BCUT2D eigenvalue weighted by molar-refractivity contribution is 0.0996. The van der Waals surface area contributed by atoms with Gasteiger partial charge in [0.15, 0.2) is 0 Å². The van der Waals surface area contributed by atoms with Gasteiger partial charge in [-0.1, -0.05) is 29.3 Å². The average molecular weight is 297 g/mol. The van der Waals surface area contributed by atoms with E-state index >= 15 is 0 Å². The summed E-state index contributed by atoms with van der Waals surface area (Å²) in [6.45, 7) is 0.189. The third-order valence-electron chi connectivity index (χ3n) is 2.43. The zero-order valence-electron chi connectivity index (χ0n) is 9.77. The standard InChI is InChI=1S/C13H10Cl2N2O2/c14-9-3-4-11(10(6-9)13(16)18)19-7-8-2-1-5-17-12(8)15/h1-6H,7H2,(H2,16,18). The van der Waals surface area contributed by atoms with Gasteiger partial charge < -0.3 is 10.5 Å². The molecule has 98 valence electrons. The number of hydrogen-bond donors (Lipinski definition) is 1. The summed E-state index contributed by atoms with van der Waals surface area (Å²) in [6.07, 6.45) is 1.59. The van der Waals surface area contributed by atoms with Crippen LogP contribution >= 0.6 is 23.2 Å². The van der Waals surface area contributed by atoms with Gasteiger partial charge in [0.2, 0.25) is 0 Å². The van der Waals surface area contributed by atoms with Gasteiger partial charge in [-0.2, -0.15) is 0 Å². The molecule has 0 radical (unpaired) electrons. The molecule has 0 saturated heterocycles. The molecule has 2 rings (SSSR count). The van der Waals surface area contributed by atoms with Crippen molar-refractivity contribution in [3.05, 3.63) is 57.8 Å². The number of carbonyl (C=O) groups is 1. The average Bonchev–Trinajstić information content (AvgIpc) is 2.38. The molecule has 0 atom stereocenters. The van der Waals surface area contributed by atoms with Gasteiger partial charge in [0, 0.05) is 16.8 Å². The Balaban J connectivity index is 2.20. The van der Waals surface area contributed by atoms with Crippen molar-refractivity contribution >= 4 is 29.1 Å². The van der Waals surface area contributed by atoms with Crippen LogP contribution in [0, 0.1) is 0 Å². The predicted molar refractivity (Wildman–Crippen MR) is 73.5 cm³/mol. The lowest BCUT2D eigenvalue weighted by Gasteiger charge is -2.10. The van der Waals surface area contributed by atoms with Crippen molar-refractivity contribution in [3.63, 3.8) is 0 Å². The molecule has 0 aliphatic rings. The molecule has 6 heteroatoms. The van der Waals surface area contributed by atoms with Gasteiger partial charge >= 0.3 is 0 Å². The fourth-order valence-corrected chi connectivity index (χ4v) is 1.85. The van der Waals surface area contributed by atoms with E-state index in [0.717, 1.165) is 5.56 Å². The summed E-state index contributed by atoms with van der Waals surface area (Å²) in [4.78, 5) is 15.2. The monoisotopic (exact) mass is 296 g/mol. The number of hydrogen-bond acceptors (Lipinski definition) is 3. The summed E-state index contributed by atoms with van der Waals surface area (Å²) >= 11 is 11.7. The Morgan fingerprint density at radius 3 is 2.79 bits per heavy atom. The second-order valence-electron chi connectivity index (χ2n) is 3.75. The highest BCUT2D eigenvalue weighted by Gasteiger charge is 2.11. The molecule has 0 unspecified atom stereocenters. The van der Waals surface area contributed by atoms with Crippen molar-refractivity contribution in [3.8, 4) is 5.75 Å². The molecule has 0 saturated carbocycles. The van der Waals surface area contributed by atoms with Crippen LogP contribution in [0.1, 0.15) is 15.9 Å². The summed E-state index contributed by atoms with van der Waals surface area (Å²) in [6, 6.07) is 8.21. The molecule has 1 aromatic heterocycles. The summed E-state index contributed by atoms with van der Waals surface area (Å²) < 4.78 is 5.54. The smallest absolute Gasteiger partial charge is 0.252 e. The number of halogens is 2. The maximum absolute atomic E-state index is 11.3. The first-order valence-corrected chi connectivity index (χ1v) is 6.15. The number of ether oxygens (including phenoxy) is 1. The highest BCUT2D eigenvalue weighted by molar-refractivity contribution is 6.31. The Morgan fingerprint density at radius 2 is 2.11 bits per heavy atom. The first-order valence-electron chi connectivity index (χ1n) is 5.39. The normalized spacial score (nSPS) is 10.2. The van der Waals surface area contributed by atoms with E-state index in [0.29, 0.717) is 15.9 Å². The molecule has 0 spiro atoms. The van der Waals surface area contributed by atoms with Crippen LogP contribution in [0.3, 0.4) is 0 Å². The van der Waals surface area contributed by atoms with E-state index in [2.05, 4.69) is 4.98 Å². The minimum absolute atomic E-state index is 0.189. The Hall–Kier alpha value is -1.78. The van der Waals surface area contributed by atoms with E-state index in [1.807, 2.05) is 0 Å². The fourth-order valence-electron chi connectivity index (χ4n) is 1.50. The first kappa shape index (κ1) is 13.6. The van der Waals surface area contributed by atoms with Crippen LogP contribution in [0.25, 0.3) is 0 Å². The summed E-state index contributed by atoms with van der Waals surface area (Å²) in [5.41, 5.74) is 6.21. The van der Waals surface area contributed by atoms with E-state index in [1.165, 1.54) is 6.07 Å². The Morgan fingerprint density at radius 1 is 1.32 bits per heavy atom. The molecule has 0 aliphatic carbocycles. The molecule has 2 N–H and O–H groups in total. The van der Waals surface area contributed by atoms with E-state index in [4.69, 9.17) is 33.7 Å². The number of primary amides is 1. The molecule has 1 amide bonds. The number of benzene rings is 1. The van der Waals surface area contributed by atoms with Crippen molar-refractivity contribution in [1.29, 1.82) is 0 Å². The number of pyridine rings is 1. The summed E-state index contributed by atoms with van der Waals surface area (Å²) in [5.74, 6) is -0.244. The molecule has 0 fully saturated rings. The zero-order valence-corrected chi connectivity index (χ0v) is 11.3. The Bertz CT molecular complexity index is 617. The third-order valence-corrected chi connectivity index (χ3v) is 3.00. The van der Waals surface area contributed by atoms with Crippen LogP contribution in [0.4, 0.5) is 0 Å². The molecule has 19 heavy (non-hydrogen) atoms. The van der Waals surface area contributed by atoms with E-state index in [9.17, 15) is 4.79 Å². The third kappa shape index (κ3) is 3.36. The SMILES string of the molecule is NC(=O)c1cc(Cl)ccc1OCc1cccnc1Cl. The molecule has 1 aromatic carbocycles. The molecular weight excluding hydrogens is 287 g/mol. The maximum Gasteiger partial charge on any atom is 0.252 e. The van der Waals surface area contributed by atoms with Gasteiger partial charge in [-0.05, 0) is 24.3 Å². The van der Waals surface area contributed by atoms with Crippen LogP contribution < -0.4 is 10.5 Å².